The molecule has 132 valence electrons. The number of hydrogen-bond donors (Lipinski definition) is 1. The van der Waals surface area contributed by atoms with E-state index in [9.17, 15) is 4.79 Å². The Bertz CT molecular complexity index is 392. The molecule has 2 unspecified atom stereocenters. The van der Waals surface area contributed by atoms with E-state index in [1.54, 1.807) is 0 Å². The second kappa shape index (κ2) is 9.14. The maximum atomic E-state index is 12.1. The highest BCUT2D eigenvalue weighted by atomic mass is 16.2. The van der Waals surface area contributed by atoms with E-state index in [-0.39, 0.29) is 5.91 Å². The van der Waals surface area contributed by atoms with Crippen LogP contribution in [0.1, 0.15) is 52.9 Å². The number of nitrogens with one attached hydrogen (secondary N) is 1. The lowest BCUT2D eigenvalue weighted by Crippen LogP contribution is -2.40. The van der Waals surface area contributed by atoms with E-state index in [0.717, 1.165) is 50.5 Å². The molecular formula is C18H34N4O. The Morgan fingerprint density at radius 3 is 2.26 bits per heavy atom. The van der Waals surface area contributed by atoms with Crippen molar-refractivity contribution in [1.82, 2.24) is 15.1 Å². The Hall–Kier alpha value is -1.26. The molecule has 0 aromatic heterocycles. The summed E-state index contributed by atoms with van der Waals surface area (Å²) in [4.78, 5) is 21.1. The summed E-state index contributed by atoms with van der Waals surface area (Å²) in [5, 5.41) is 3.42. The number of aliphatic imine (C=N–C) groups is 1. The molecule has 5 nitrogen and oxygen atoms in total. The zero-order valence-corrected chi connectivity index (χ0v) is 15.2. The summed E-state index contributed by atoms with van der Waals surface area (Å²) in [6.45, 7) is 11.5. The average Bonchev–Trinajstić information content (AvgIpc) is 2.99. The molecule has 5 heteroatoms. The van der Waals surface area contributed by atoms with Crippen molar-refractivity contribution in [2.45, 2.75) is 52.9 Å². The summed E-state index contributed by atoms with van der Waals surface area (Å²) in [6.07, 6.45) is 6.04. The number of likely N-dealkylation sites (tertiary alicyclic amines) is 1. The molecule has 0 bridgehead atoms. The zero-order chi connectivity index (χ0) is 16.7. The number of amides is 1. The molecule has 1 amide bonds. The zero-order valence-electron chi connectivity index (χ0n) is 15.2. The van der Waals surface area contributed by atoms with Crippen LogP contribution in [-0.2, 0) is 4.79 Å². The standard InChI is InChI=1S/C18H34N4O/c1-4-19-18(20-12-11-17(23)21(5-2)6-3)22-13-15-9-7-8-10-16(15)14-22/h15-16H,4-14H2,1-3H3,(H,19,20). The van der Waals surface area contributed by atoms with Gasteiger partial charge >= 0.3 is 0 Å². The molecule has 2 aliphatic rings. The monoisotopic (exact) mass is 322 g/mol. The largest absolute Gasteiger partial charge is 0.357 e. The molecule has 1 saturated heterocycles. The van der Waals surface area contributed by atoms with Gasteiger partial charge in [-0.15, -0.1) is 0 Å². The highest BCUT2D eigenvalue weighted by Crippen LogP contribution is 2.35. The fraction of sp³-hybridized carbons (Fsp3) is 0.889. The second-order valence-corrected chi connectivity index (χ2v) is 6.76. The number of carbonyl (C=O) groups excluding carboxylic acids is 1. The van der Waals surface area contributed by atoms with Gasteiger partial charge in [0.1, 0.15) is 0 Å². The number of hydrogen-bond acceptors (Lipinski definition) is 2. The number of carbonyl (C=O) groups is 1. The van der Waals surface area contributed by atoms with Crippen molar-refractivity contribution in [2.75, 3.05) is 39.3 Å². The summed E-state index contributed by atoms with van der Waals surface area (Å²) < 4.78 is 0. The fourth-order valence-electron chi connectivity index (χ4n) is 4.00. The van der Waals surface area contributed by atoms with Gasteiger partial charge in [-0.05, 0) is 45.4 Å². The molecule has 2 fully saturated rings. The Labute approximate surface area is 141 Å². The van der Waals surface area contributed by atoms with Crippen LogP contribution in [0.15, 0.2) is 4.99 Å². The Balaban J connectivity index is 1.89. The molecule has 2 rings (SSSR count). The van der Waals surface area contributed by atoms with Crippen LogP contribution < -0.4 is 5.32 Å². The predicted molar refractivity (Wildman–Crippen MR) is 95.5 cm³/mol. The maximum absolute atomic E-state index is 12.1. The summed E-state index contributed by atoms with van der Waals surface area (Å²) in [5.74, 6) is 2.92. The SMILES string of the molecule is CCNC(=NCCC(=O)N(CC)CC)N1CC2CCCCC2C1. The molecule has 0 aromatic rings. The lowest BCUT2D eigenvalue weighted by Gasteiger charge is -2.22. The van der Waals surface area contributed by atoms with Gasteiger partial charge in [-0.2, -0.15) is 0 Å². The summed E-state index contributed by atoms with van der Waals surface area (Å²) in [7, 11) is 0. The maximum Gasteiger partial charge on any atom is 0.224 e. The van der Waals surface area contributed by atoms with Gasteiger partial charge in [-0.3, -0.25) is 9.79 Å². The topological polar surface area (TPSA) is 47.9 Å². The molecule has 1 saturated carbocycles. The Morgan fingerprint density at radius 2 is 1.74 bits per heavy atom. The first-order valence-corrected chi connectivity index (χ1v) is 9.50. The minimum absolute atomic E-state index is 0.213. The first-order chi connectivity index (χ1) is 11.2. The highest BCUT2D eigenvalue weighted by Gasteiger charge is 2.35. The molecule has 23 heavy (non-hydrogen) atoms. The smallest absolute Gasteiger partial charge is 0.224 e. The molecule has 0 radical (unpaired) electrons. The van der Waals surface area contributed by atoms with Gasteiger partial charge in [-0.1, -0.05) is 12.8 Å². The van der Waals surface area contributed by atoms with Crippen LogP contribution in [0.3, 0.4) is 0 Å². The van der Waals surface area contributed by atoms with Gasteiger partial charge in [-0.25, -0.2) is 0 Å². The van der Waals surface area contributed by atoms with Gasteiger partial charge in [0.25, 0.3) is 0 Å². The van der Waals surface area contributed by atoms with E-state index in [1.807, 2.05) is 18.7 Å². The van der Waals surface area contributed by atoms with Crippen LogP contribution in [0.2, 0.25) is 0 Å². The molecule has 1 heterocycles. The van der Waals surface area contributed by atoms with E-state index >= 15 is 0 Å². The van der Waals surface area contributed by atoms with Crippen molar-refractivity contribution in [1.29, 1.82) is 0 Å². The van der Waals surface area contributed by atoms with Crippen molar-refractivity contribution >= 4 is 11.9 Å². The number of nitrogens with zero attached hydrogens (tertiary/aromatic N) is 3. The van der Waals surface area contributed by atoms with E-state index < -0.39 is 0 Å². The summed E-state index contributed by atoms with van der Waals surface area (Å²) in [6, 6.07) is 0. The van der Waals surface area contributed by atoms with Gasteiger partial charge < -0.3 is 15.1 Å². The van der Waals surface area contributed by atoms with E-state index in [1.165, 1.54) is 25.7 Å². The van der Waals surface area contributed by atoms with Crippen molar-refractivity contribution in [3.63, 3.8) is 0 Å². The minimum Gasteiger partial charge on any atom is -0.357 e. The van der Waals surface area contributed by atoms with Crippen LogP contribution in [0.5, 0.6) is 0 Å². The molecule has 0 aromatic carbocycles. The van der Waals surface area contributed by atoms with Crippen molar-refractivity contribution < 1.29 is 4.79 Å². The van der Waals surface area contributed by atoms with Gasteiger partial charge in [0, 0.05) is 39.1 Å². The van der Waals surface area contributed by atoms with Crippen molar-refractivity contribution in [3.8, 4) is 0 Å². The molecular weight excluding hydrogens is 288 g/mol. The van der Waals surface area contributed by atoms with Gasteiger partial charge in [0.05, 0.1) is 6.54 Å². The van der Waals surface area contributed by atoms with Gasteiger partial charge in [0.15, 0.2) is 5.96 Å². The van der Waals surface area contributed by atoms with Crippen LogP contribution in [-0.4, -0.2) is 60.9 Å². The third-order valence-corrected chi connectivity index (χ3v) is 5.31. The fourth-order valence-corrected chi connectivity index (χ4v) is 4.00. The molecule has 0 spiro atoms. The van der Waals surface area contributed by atoms with E-state index in [0.29, 0.717) is 13.0 Å². The van der Waals surface area contributed by atoms with Crippen LogP contribution >= 0.6 is 0 Å². The van der Waals surface area contributed by atoms with Crippen molar-refractivity contribution in [3.05, 3.63) is 0 Å². The summed E-state index contributed by atoms with van der Waals surface area (Å²) in [5.41, 5.74) is 0. The van der Waals surface area contributed by atoms with E-state index in [2.05, 4.69) is 17.1 Å². The Kier molecular flexibility index (Phi) is 7.18. The molecule has 1 aliphatic heterocycles. The molecule has 1 N–H and O–H groups in total. The lowest BCUT2D eigenvalue weighted by atomic mass is 9.82. The Morgan fingerprint density at radius 1 is 1.13 bits per heavy atom. The van der Waals surface area contributed by atoms with Crippen molar-refractivity contribution in [2.24, 2.45) is 16.8 Å². The summed E-state index contributed by atoms with van der Waals surface area (Å²) >= 11 is 0. The number of guanidine groups is 1. The first-order valence-electron chi connectivity index (χ1n) is 9.50. The highest BCUT2D eigenvalue weighted by molar-refractivity contribution is 5.81. The number of fused-ring (bicyclic) bond motifs is 1. The average molecular weight is 322 g/mol. The van der Waals surface area contributed by atoms with Crippen LogP contribution in [0.4, 0.5) is 0 Å². The lowest BCUT2D eigenvalue weighted by molar-refractivity contribution is -0.130. The van der Waals surface area contributed by atoms with Crippen LogP contribution in [0, 0.1) is 11.8 Å². The van der Waals surface area contributed by atoms with Gasteiger partial charge in [0.2, 0.25) is 5.91 Å². The third-order valence-electron chi connectivity index (χ3n) is 5.31. The first kappa shape index (κ1) is 18.1. The predicted octanol–water partition coefficient (Wildman–Crippen LogP) is 2.33. The van der Waals surface area contributed by atoms with E-state index in [4.69, 9.17) is 4.99 Å². The molecule has 1 aliphatic carbocycles. The minimum atomic E-state index is 0.213. The second-order valence-electron chi connectivity index (χ2n) is 6.76. The third kappa shape index (κ3) is 4.85. The normalized spacial score (nSPS) is 24.5. The quantitative estimate of drug-likeness (QED) is 0.603. The van der Waals surface area contributed by atoms with Crippen LogP contribution in [0.25, 0.3) is 0 Å². The molecule has 2 atom stereocenters. The number of rotatable bonds is 6.